The molecule has 1 aliphatic heterocycles. The number of carbonyl (C=O) groups is 2. The lowest BCUT2D eigenvalue weighted by molar-refractivity contribution is -0.184. The van der Waals surface area contributed by atoms with Crippen LogP contribution in [0.3, 0.4) is 0 Å². The number of rotatable bonds is 5. The quantitative estimate of drug-likeness (QED) is 0.777. The molecule has 0 aromatic rings. The van der Waals surface area contributed by atoms with Crippen LogP contribution in [-0.4, -0.2) is 76.4 Å². The highest BCUT2D eigenvalue weighted by Gasteiger charge is 2.47. The number of nitrogens with one attached hydrogen (secondary N) is 1. The average Bonchev–Trinajstić information content (AvgIpc) is 2.93. The van der Waals surface area contributed by atoms with Gasteiger partial charge in [-0.1, -0.05) is 19.8 Å². The van der Waals surface area contributed by atoms with Crippen molar-refractivity contribution in [1.82, 2.24) is 15.1 Å². The molecule has 1 spiro atoms. The second-order valence-corrected chi connectivity index (χ2v) is 8.84. The van der Waals surface area contributed by atoms with Crippen LogP contribution in [0.25, 0.3) is 0 Å². The van der Waals surface area contributed by atoms with Gasteiger partial charge in [-0.2, -0.15) is 0 Å². The van der Waals surface area contributed by atoms with E-state index in [1.165, 1.54) is 12.8 Å². The van der Waals surface area contributed by atoms with Crippen molar-refractivity contribution in [3.8, 4) is 0 Å². The number of hydrogen-bond acceptors (Lipinski definition) is 4. The van der Waals surface area contributed by atoms with Gasteiger partial charge in [0.05, 0.1) is 30.8 Å². The maximum Gasteiger partial charge on any atom is 0.317 e. The van der Waals surface area contributed by atoms with E-state index in [-0.39, 0.29) is 35.9 Å². The van der Waals surface area contributed by atoms with Gasteiger partial charge in [-0.15, -0.1) is 0 Å². The van der Waals surface area contributed by atoms with Crippen molar-refractivity contribution in [2.24, 2.45) is 0 Å². The van der Waals surface area contributed by atoms with Crippen LogP contribution in [0.2, 0.25) is 0 Å². The molecule has 7 heteroatoms. The van der Waals surface area contributed by atoms with E-state index in [0.717, 1.165) is 32.2 Å². The zero-order chi connectivity index (χ0) is 18.9. The molecule has 3 fully saturated rings. The van der Waals surface area contributed by atoms with E-state index < -0.39 is 5.97 Å². The zero-order valence-electron chi connectivity index (χ0n) is 16.3. The van der Waals surface area contributed by atoms with Crippen molar-refractivity contribution in [2.45, 2.75) is 82.6 Å². The number of amides is 2. The SMILES string of the molecule is CCN(CC(=O)O)C1CC(NC(=O)N2CC(C)(C)OC3(CCCC3)C2)C1. The number of nitrogens with zero attached hydrogens (tertiary/aromatic N) is 2. The van der Waals surface area contributed by atoms with Crippen LogP contribution in [0, 0.1) is 0 Å². The normalized spacial score (nSPS) is 29.6. The molecule has 0 bridgehead atoms. The molecule has 0 aromatic heterocycles. The van der Waals surface area contributed by atoms with Gasteiger partial charge in [-0.3, -0.25) is 9.69 Å². The standard InChI is InChI=1S/C19H33N3O4/c1-4-21(11-16(23)24)15-9-14(10-15)20-17(25)22-12-18(2,3)26-19(13-22)7-5-6-8-19/h14-15H,4-13H2,1-3H3,(H,20,25)(H,23,24). The van der Waals surface area contributed by atoms with E-state index in [0.29, 0.717) is 13.1 Å². The molecule has 1 saturated heterocycles. The van der Waals surface area contributed by atoms with Gasteiger partial charge in [0.1, 0.15) is 0 Å². The van der Waals surface area contributed by atoms with Gasteiger partial charge >= 0.3 is 12.0 Å². The molecule has 0 unspecified atom stereocenters. The Hall–Kier alpha value is -1.34. The molecule has 26 heavy (non-hydrogen) atoms. The van der Waals surface area contributed by atoms with E-state index in [2.05, 4.69) is 19.2 Å². The Kier molecular flexibility index (Phi) is 5.49. The predicted molar refractivity (Wildman–Crippen MR) is 98.2 cm³/mol. The topological polar surface area (TPSA) is 82.1 Å². The van der Waals surface area contributed by atoms with Crippen LogP contribution in [0.1, 0.15) is 59.3 Å². The molecule has 0 radical (unpaired) electrons. The Bertz CT molecular complexity index is 539. The second-order valence-electron chi connectivity index (χ2n) is 8.84. The second kappa shape index (κ2) is 7.35. The van der Waals surface area contributed by atoms with Crippen molar-refractivity contribution in [2.75, 3.05) is 26.2 Å². The summed E-state index contributed by atoms with van der Waals surface area (Å²) < 4.78 is 6.36. The number of hydrogen-bond donors (Lipinski definition) is 2. The van der Waals surface area contributed by atoms with Gasteiger partial charge in [0.15, 0.2) is 0 Å². The first-order chi connectivity index (χ1) is 12.2. The molecule has 1 heterocycles. The summed E-state index contributed by atoms with van der Waals surface area (Å²) in [6, 6.07) is 0.391. The van der Waals surface area contributed by atoms with Crippen molar-refractivity contribution >= 4 is 12.0 Å². The van der Waals surface area contributed by atoms with Crippen molar-refractivity contribution in [1.29, 1.82) is 0 Å². The molecule has 2 aliphatic carbocycles. The Morgan fingerprint density at radius 3 is 2.46 bits per heavy atom. The van der Waals surface area contributed by atoms with Crippen LogP contribution in [-0.2, 0) is 9.53 Å². The molecule has 2 N–H and O–H groups in total. The van der Waals surface area contributed by atoms with Gasteiger partial charge in [0.25, 0.3) is 0 Å². The minimum atomic E-state index is -0.795. The van der Waals surface area contributed by atoms with E-state index in [9.17, 15) is 9.59 Å². The summed E-state index contributed by atoms with van der Waals surface area (Å²) in [5, 5.41) is 12.1. The number of carbonyl (C=O) groups excluding carboxylic acids is 1. The smallest absolute Gasteiger partial charge is 0.317 e. The minimum Gasteiger partial charge on any atom is -0.480 e. The van der Waals surface area contributed by atoms with Gasteiger partial charge in [0, 0.05) is 12.1 Å². The van der Waals surface area contributed by atoms with Crippen LogP contribution < -0.4 is 5.32 Å². The minimum absolute atomic E-state index is 0.00242. The molecule has 0 aromatic carbocycles. The molecule has 2 amide bonds. The number of aliphatic carboxylic acids is 1. The van der Waals surface area contributed by atoms with Crippen LogP contribution in [0.5, 0.6) is 0 Å². The van der Waals surface area contributed by atoms with E-state index in [1.807, 2.05) is 16.7 Å². The first-order valence-electron chi connectivity index (χ1n) is 9.93. The first kappa shape index (κ1) is 19.4. The first-order valence-corrected chi connectivity index (χ1v) is 9.93. The Balaban J connectivity index is 1.52. The number of ether oxygens (including phenoxy) is 1. The van der Waals surface area contributed by atoms with E-state index in [1.54, 1.807) is 0 Å². The number of carboxylic acid groups (broad SMARTS) is 1. The lowest BCUT2D eigenvalue weighted by Gasteiger charge is -2.49. The van der Waals surface area contributed by atoms with Crippen LogP contribution >= 0.6 is 0 Å². The van der Waals surface area contributed by atoms with Crippen molar-refractivity contribution in [3.05, 3.63) is 0 Å². The third kappa shape index (κ3) is 4.31. The Morgan fingerprint density at radius 1 is 1.23 bits per heavy atom. The fourth-order valence-electron chi connectivity index (χ4n) is 4.88. The third-order valence-corrected chi connectivity index (χ3v) is 6.05. The largest absolute Gasteiger partial charge is 0.480 e. The summed E-state index contributed by atoms with van der Waals surface area (Å²) in [5.41, 5.74) is -0.482. The summed E-state index contributed by atoms with van der Waals surface area (Å²) in [5.74, 6) is -0.795. The van der Waals surface area contributed by atoms with Crippen LogP contribution in [0.15, 0.2) is 0 Å². The number of likely N-dealkylation sites (N-methyl/N-ethyl adjacent to an activating group) is 1. The lowest BCUT2D eigenvalue weighted by atomic mass is 9.85. The van der Waals surface area contributed by atoms with Gasteiger partial charge in [-0.25, -0.2) is 4.79 Å². The zero-order valence-corrected chi connectivity index (χ0v) is 16.3. The Morgan fingerprint density at radius 2 is 1.88 bits per heavy atom. The molecule has 2 saturated carbocycles. The molecule has 3 rings (SSSR count). The summed E-state index contributed by atoms with van der Waals surface area (Å²) in [6.45, 7) is 8.19. The third-order valence-electron chi connectivity index (χ3n) is 6.05. The van der Waals surface area contributed by atoms with E-state index >= 15 is 0 Å². The average molecular weight is 367 g/mol. The fraction of sp³-hybridized carbons (Fsp3) is 0.895. The summed E-state index contributed by atoms with van der Waals surface area (Å²) >= 11 is 0. The van der Waals surface area contributed by atoms with E-state index in [4.69, 9.17) is 9.84 Å². The van der Waals surface area contributed by atoms with Gasteiger partial charge < -0.3 is 20.1 Å². The molecule has 7 nitrogen and oxygen atoms in total. The highest BCUT2D eigenvalue weighted by molar-refractivity contribution is 5.75. The highest BCUT2D eigenvalue weighted by atomic mass is 16.5. The predicted octanol–water partition coefficient (Wildman–Crippen LogP) is 2.06. The summed E-state index contributed by atoms with van der Waals surface area (Å²) in [6.07, 6.45) is 6.06. The molecular formula is C19H33N3O4. The maximum absolute atomic E-state index is 12.8. The fourth-order valence-corrected chi connectivity index (χ4v) is 4.88. The molecule has 148 valence electrons. The summed E-state index contributed by atoms with van der Waals surface area (Å²) in [7, 11) is 0. The maximum atomic E-state index is 12.8. The number of urea groups is 1. The van der Waals surface area contributed by atoms with Crippen molar-refractivity contribution < 1.29 is 19.4 Å². The van der Waals surface area contributed by atoms with Crippen molar-refractivity contribution in [3.63, 3.8) is 0 Å². The number of morpholine rings is 1. The Labute approximate surface area is 156 Å². The summed E-state index contributed by atoms with van der Waals surface area (Å²) in [4.78, 5) is 27.6. The lowest BCUT2D eigenvalue weighted by Crippen LogP contribution is -2.63. The van der Waals surface area contributed by atoms with Gasteiger partial charge in [-0.05, 0) is 46.1 Å². The highest BCUT2D eigenvalue weighted by Crippen LogP contribution is 2.40. The van der Waals surface area contributed by atoms with Gasteiger partial charge in [0.2, 0.25) is 0 Å². The molecule has 3 aliphatic rings. The molecule has 0 atom stereocenters. The molecular weight excluding hydrogens is 334 g/mol. The monoisotopic (exact) mass is 367 g/mol. The van der Waals surface area contributed by atoms with Crippen LogP contribution in [0.4, 0.5) is 4.79 Å². The number of carboxylic acids is 1.